The number of rotatable bonds is 1. The molecule has 2 rings (SSSR count). The summed E-state index contributed by atoms with van der Waals surface area (Å²) in [5, 5.41) is 10.1. The highest BCUT2D eigenvalue weighted by molar-refractivity contribution is 5.40. The second-order valence-corrected chi connectivity index (χ2v) is 5.97. The number of hydrogen-bond donors (Lipinski definition) is 1. The second kappa shape index (κ2) is 4.02. The van der Waals surface area contributed by atoms with Gasteiger partial charge < -0.3 is 9.84 Å². The van der Waals surface area contributed by atoms with Crippen molar-refractivity contribution in [2.75, 3.05) is 0 Å². The van der Waals surface area contributed by atoms with Crippen LogP contribution in [0.1, 0.15) is 51.2 Å². The maximum Gasteiger partial charge on any atom is 0.121 e. The van der Waals surface area contributed by atoms with Crippen LogP contribution in [-0.2, 0) is 10.3 Å². The van der Waals surface area contributed by atoms with Crippen LogP contribution in [0.2, 0.25) is 0 Å². The summed E-state index contributed by atoms with van der Waals surface area (Å²) in [4.78, 5) is 0. The average molecular weight is 234 g/mol. The summed E-state index contributed by atoms with van der Waals surface area (Å²) in [5.74, 6) is 0.352. The number of benzene rings is 1. The van der Waals surface area contributed by atoms with Gasteiger partial charge in [-0.1, -0.05) is 12.1 Å². The van der Waals surface area contributed by atoms with E-state index >= 15 is 0 Å². The van der Waals surface area contributed by atoms with Gasteiger partial charge >= 0.3 is 0 Å². The van der Waals surface area contributed by atoms with Crippen molar-refractivity contribution in [2.24, 2.45) is 0 Å². The van der Waals surface area contributed by atoms with E-state index in [1.54, 1.807) is 0 Å². The zero-order chi connectivity index (χ0) is 12.7. The summed E-state index contributed by atoms with van der Waals surface area (Å²) in [6.45, 7) is 8.31. The SMILES string of the molecule is Cc1ccc(C2(C)CCCC(C)(C)O2)c(O)c1. The Bertz CT molecular complexity index is 423. The number of ether oxygens (including phenoxy) is 1. The van der Waals surface area contributed by atoms with Gasteiger partial charge in [0.15, 0.2) is 0 Å². The molecule has 1 saturated heterocycles. The molecule has 0 saturated carbocycles. The minimum absolute atomic E-state index is 0.107. The summed E-state index contributed by atoms with van der Waals surface area (Å²) in [6, 6.07) is 5.84. The van der Waals surface area contributed by atoms with Crippen LogP contribution in [0.4, 0.5) is 0 Å². The zero-order valence-corrected chi connectivity index (χ0v) is 11.2. The van der Waals surface area contributed by atoms with Crippen molar-refractivity contribution in [3.05, 3.63) is 29.3 Å². The Morgan fingerprint density at radius 2 is 1.88 bits per heavy atom. The third-order valence-electron chi connectivity index (χ3n) is 3.66. The van der Waals surface area contributed by atoms with E-state index in [0.29, 0.717) is 5.75 Å². The van der Waals surface area contributed by atoms with Crippen molar-refractivity contribution >= 4 is 0 Å². The fourth-order valence-corrected chi connectivity index (χ4v) is 2.84. The Morgan fingerprint density at radius 3 is 2.47 bits per heavy atom. The fraction of sp³-hybridized carbons (Fsp3) is 0.600. The molecule has 0 radical (unpaired) electrons. The van der Waals surface area contributed by atoms with Crippen molar-refractivity contribution in [3.8, 4) is 5.75 Å². The first-order chi connectivity index (χ1) is 7.82. The van der Waals surface area contributed by atoms with Gasteiger partial charge in [-0.25, -0.2) is 0 Å². The minimum Gasteiger partial charge on any atom is -0.508 e. The van der Waals surface area contributed by atoms with Gasteiger partial charge in [0.2, 0.25) is 0 Å². The third kappa shape index (κ3) is 2.47. The highest BCUT2D eigenvalue weighted by Gasteiger charge is 2.39. The van der Waals surface area contributed by atoms with Gasteiger partial charge in [0.1, 0.15) is 5.75 Å². The molecular weight excluding hydrogens is 212 g/mol. The van der Waals surface area contributed by atoms with E-state index in [4.69, 9.17) is 4.74 Å². The molecule has 0 spiro atoms. The van der Waals surface area contributed by atoms with E-state index in [1.165, 1.54) is 0 Å². The number of phenolic OH excluding ortho intramolecular Hbond substituents is 1. The standard InChI is InChI=1S/C15H22O2/c1-11-6-7-12(13(16)10-11)15(4)9-5-8-14(2,3)17-15/h6-7,10,16H,5,8-9H2,1-4H3. The number of aryl methyl sites for hydroxylation is 1. The lowest BCUT2D eigenvalue weighted by atomic mass is 9.83. The summed E-state index contributed by atoms with van der Waals surface area (Å²) in [7, 11) is 0. The first kappa shape index (κ1) is 12.4. The van der Waals surface area contributed by atoms with E-state index in [2.05, 4.69) is 20.8 Å². The molecule has 2 heteroatoms. The zero-order valence-electron chi connectivity index (χ0n) is 11.2. The van der Waals surface area contributed by atoms with Gasteiger partial charge in [0, 0.05) is 5.56 Å². The van der Waals surface area contributed by atoms with Gasteiger partial charge in [-0.05, 0) is 58.6 Å². The topological polar surface area (TPSA) is 29.5 Å². The molecule has 0 amide bonds. The van der Waals surface area contributed by atoms with Crippen molar-refractivity contribution in [2.45, 2.75) is 58.2 Å². The normalized spacial score (nSPS) is 28.0. The quantitative estimate of drug-likeness (QED) is 0.798. The number of phenols is 1. The molecular formula is C15H22O2. The van der Waals surface area contributed by atoms with Crippen LogP contribution in [0.15, 0.2) is 18.2 Å². The monoisotopic (exact) mass is 234 g/mol. The fourth-order valence-electron chi connectivity index (χ4n) is 2.84. The molecule has 1 N–H and O–H groups in total. The van der Waals surface area contributed by atoms with Crippen LogP contribution < -0.4 is 0 Å². The molecule has 2 nitrogen and oxygen atoms in total. The maximum atomic E-state index is 10.1. The molecule has 0 aliphatic carbocycles. The largest absolute Gasteiger partial charge is 0.508 e. The van der Waals surface area contributed by atoms with E-state index in [-0.39, 0.29) is 11.2 Å². The van der Waals surface area contributed by atoms with Crippen molar-refractivity contribution in [3.63, 3.8) is 0 Å². The van der Waals surface area contributed by atoms with E-state index in [1.807, 2.05) is 25.1 Å². The Balaban J connectivity index is 2.37. The predicted octanol–water partition coefficient (Wildman–Crippen LogP) is 3.89. The molecule has 94 valence electrons. The highest BCUT2D eigenvalue weighted by atomic mass is 16.5. The number of hydrogen-bond acceptors (Lipinski definition) is 2. The minimum atomic E-state index is -0.362. The molecule has 17 heavy (non-hydrogen) atoms. The van der Waals surface area contributed by atoms with E-state index in [0.717, 1.165) is 30.4 Å². The smallest absolute Gasteiger partial charge is 0.121 e. The summed E-state index contributed by atoms with van der Waals surface area (Å²) >= 11 is 0. The van der Waals surface area contributed by atoms with Crippen LogP contribution in [-0.4, -0.2) is 10.7 Å². The maximum absolute atomic E-state index is 10.1. The molecule has 1 unspecified atom stereocenters. The molecule has 1 fully saturated rings. The molecule has 0 bridgehead atoms. The van der Waals surface area contributed by atoms with Crippen molar-refractivity contribution in [1.29, 1.82) is 0 Å². The molecule has 1 heterocycles. The highest BCUT2D eigenvalue weighted by Crippen LogP contribution is 2.44. The van der Waals surface area contributed by atoms with E-state index < -0.39 is 0 Å². The summed E-state index contributed by atoms with van der Waals surface area (Å²) in [5.41, 5.74) is 1.52. The molecule has 0 aromatic heterocycles. The van der Waals surface area contributed by atoms with Crippen LogP contribution in [0.3, 0.4) is 0 Å². The Kier molecular flexibility index (Phi) is 2.94. The molecule has 1 aromatic rings. The Morgan fingerprint density at radius 1 is 1.18 bits per heavy atom. The molecule has 1 aromatic carbocycles. The molecule has 1 atom stereocenters. The lowest BCUT2D eigenvalue weighted by molar-refractivity contribution is -0.171. The van der Waals surface area contributed by atoms with Gasteiger partial charge in [0.05, 0.1) is 11.2 Å². The number of aromatic hydroxyl groups is 1. The van der Waals surface area contributed by atoms with Crippen LogP contribution in [0, 0.1) is 6.92 Å². The Hall–Kier alpha value is -1.02. The predicted molar refractivity (Wildman–Crippen MR) is 69.2 cm³/mol. The van der Waals surface area contributed by atoms with Gasteiger partial charge in [-0.3, -0.25) is 0 Å². The second-order valence-electron chi connectivity index (χ2n) is 5.97. The van der Waals surface area contributed by atoms with Crippen LogP contribution in [0.25, 0.3) is 0 Å². The van der Waals surface area contributed by atoms with Crippen LogP contribution >= 0.6 is 0 Å². The Labute approximate surface area is 104 Å². The van der Waals surface area contributed by atoms with Gasteiger partial charge in [-0.15, -0.1) is 0 Å². The summed E-state index contributed by atoms with van der Waals surface area (Å²) < 4.78 is 6.21. The average Bonchev–Trinajstić information content (AvgIpc) is 2.14. The molecule has 1 aliphatic heterocycles. The summed E-state index contributed by atoms with van der Waals surface area (Å²) in [6.07, 6.45) is 3.18. The molecule has 1 aliphatic rings. The van der Waals surface area contributed by atoms with Crippen LogP contribution in [0.5, 0.6) is 5.75 Å². The lowest BCUT2D eigenvalue weighted by Gasteiger charge is -2.44. The van der Waals surface area contributed by atoms with Crippen molar-refractivity contribution < 1.29 is 9.84 Å². The van der Waals surface area contributed by atoms with Crippen molar-refractivity contribution in [1.82, 2.24) is 0 Å². The van der Waals surface area contributed by atoms with Gasteiger partial charge in [0.25, 0.3) is 0 Å². The van der Waals surface area contributed by atoms with Gasteiger partial charge in [-0.2, -0.15) is 0 Å². The third-order valence-corrected chi connectivity index (χ3v) is 3.66. The first-order valence-corrected chi connectivity index (χ1v) is 6.33. The van der Waals surface area contributed by atoms with E-state index in [9.17, 15) is 5.11 Å². The lowest BCUT2D eigenvalue weighted by Crippen LogP contribution is -2.41. The first-order valence-electron chi connectivity index (χ1n) is 6.33.